The summed E-state index contributed by atoms with van der Waals surface area (Å²) < 4.78 is 5.21. The lowest BCUT2D eigenvalue weighted by Crippen LogP contribution is -2.38. The predicted octanol–water partition coefficient (Wildman–Crippen LogP) is 2.70. The molecule has 1 unspecified atom stereocenters. The number of carbonyl (C=O) groups is 1. The normalized spacial score (nSPS) is 23.7. The number of benzene rings is 1. The van der Waals surface area contributed by atoms with Gasteiger partial charge in [-0.15, -0.1) is 0 Å². The van der Waals surface area contributed by atoms with Gasteiger partial charge in [0, 0.05) is 6.54 Å². The number of nitrogens with zero attached hydrogens (tertiary/aromatic N) is 1. The van der Waals surface area contributed by atoms with Gasteiger partial charge in [0.15, 0.2) is 0 Å². The second-order valence-corrected chi connectivity index (χ2v) is 7.40. The van der Waals surface area contributed by atoms with Crippen molar-refractivity contribution >= 4 is 5.91 Å². The Morgan fingerprint density at radius 3 is 2.38 bits per heavy atom. The summed E-state index contributed by atoms with van der Waals surface area (Å²) >= 11 is 0. The molecule has 2 aliphatic rings. The first-order valence-corrected chi connectivity index (χ1v) is 7.57. The monoisotopic (exact) mass is 288 g/mol. The van der Waals surface area contributed by atoms with Gasteiger partial charge in [-0.05, 0) is 36.0 Å². The lowest BCUT2D eigenvalue weighted by atomic mass is 9.95. The molecule has 1 aliphatic heterocycles. The molecule has 3 rings (SSSR count). The van der Waals surface area contributed by atoms with Gasteiger partial charge in [-0.2, -0.15) is 0 Å². The highest BCUT2D eigenvalue weighted by molar-refractivity contribution is 5.92. The van der Waals surface area contributed by atoms with Crippen LogP contribution in [0.15, 0.2) is 24.3 Å². The van der Waals surface area contributed by atoms with Crippen LogP contribution in [0.1, 0.15) is 45.3 Å². The summed E-state index contributed by atoms with van der Waals surface area (Å²) in [6, 6.07) is 7.99. The molecule has 21 heavy (non-hydrogen) atoms. The molecule has 1 aliphatic carbocycles. The van der Waals surface area contributed by atoms with E-state index in [0.717, 1.165) is 30.7 Å². The van der Waals surface area contributed by atoms with E-state index in [1.807, 2.05) is 29.2 Å². The van der Waals surface area contributed by atoms with Gasteiger partial charge in [0.2, 0.25) is 5.91 Å². The van der Waals surface area contributed by atoms with Crippen LogP contribution < -0.4 is 10.1 Å². The minimum atomic E-state index is -0.282. The van der Waals surface area contributed by atoms with Crippen LogP contribution in [0.25, 0.3) is 0 Å². The topological polar surface area (TPSA) is 41.6 Å². The van der Waals surface area contributed by atoms with Crippen LogP contribution >= 0.6 is 0 Å². The maximum Gasteiger partial charge on any atom is 0.244 e. The molecular formula is C17H24N2O2. The number of hydrogen-bond donors (Lipinski definition) is 1. The molecule has 0 radical (unpaired) electrons. The van der Waals surface area contributed by atoms with Crippen LogP contribution in [-0.2, 0) is 4.79 Å². The number of ether oxygens (including phenoxy) is 1. The molecule has 1 atom stereocenters. The minimum Gasteiger partial charge on any atom is -0.497 e. The van der Waals surface area contributed by atoms with E-state index in [4.69, 9.17) is 4.74 Å². The van der Waals surface area contributed by atoms with Crippen molar-refractivity contribution < 1.29 is 9.53 Å². The van der Waals surface area contributed by atoms with Gasteiger partial charge in [0.1, 0.15) is 17.5 Å². The van der Waals surface area contributed by atoms with Gasteiger partial charge in [-0.1, -0.05) is 32.9 Å². The van der Waals surface area contributed by atoms with Crippen molar-refractivity contribution in [3.8, 4) is 5.75 Å². The van der Waals surface area contributed by atoms with E-state index in [1.54, 1.807) is 7.11 Å². The summed E-state index contributed by atoms with van der Waals surface area (Å²) in [5.74, 6) is 1.10. The van der Waals surface area contributed by atoms with Crippen LogP contribution in [0, 0.1) is 5.41 Å². The van der Waals surface area contributed by atoms with E-state index in [2.05, 4.69) is 26.1 Å². The SMILES string of the molecule is COc1ccc(C2NC3(CC3)C(=O)N2CC(C)(C)C)cc1. The molecule has 2 fully saturated rings. The Bertz CT molecular complexity index is 541. The van der Waals surface area contributed by atoms with Crippen molar-refractivity contribution in [3.05, 3.63) is 29.8 Å². The van der Waals surface area contributed by atoms with Crippen molar-refractivity contribution in [3.63, 3.8) is 0 Å². The van der Waals surface area contributed by atoms with E-state index in [9.17, 15) is 4.79 Å². The molecule has 1 saturated carbocycles. The van der Waals surface area contributed by atoms with Gasteiger partial charge in [0.05, 0.1) is 7.11 Å². The van der Waals surface area contributed by atoms with Crippen molar-refractivity contribution in [1.82, 2.24) is 10.2 Å². The molecule has 1 N–H and O–H groups in total. The summed E-state index contributed by atoms with van der Waals surface area (Å²) in [6.07, 6.45) is 1.89. The summed E-state index contributed by atoms with van der Waals surface area (Å²) in [7, 11) is 1.66. The molecule has 1 heterocycles. The Balaban J connectivity index is 1.88. The van der Waals surface area contributed by atoms with Crippen LogP contribution in [0.4, 0.5) is 0 Å². The number of amides is 1. The Morgan fingerprint density at radius 2 is 1.90 bits per heavy atom. The molecule has 1 aromatic carbocycles. The zero-order valence-corrected chi connectivity index (χ0v) is 13.3. The minimum absolute atomic E-state index is 0.0230. The van der Waals surface area contributed by atoms with Gasteiger partial charge < -0.3 is 9.64 Å². The molecule has 0 aromatic heterocycles. The second-order valence-electron chi connectivity index (χ2n) is 7.40. The van der Waals surface area contributed by atoms with Crippen molar-refractivity contribution in [2.45, 2.75) is 45.3 Å². The lowest BCUT2D eigenvalue weighted by molar-refractivity contribution is -0.132. The fraction of sp³-hybridized carbons (Fsp3) is 0.588. The number of hydrogen-bond acceptors (Lipinski definition) is 3. The first-order chi connectivity index (χ1) is 9.85. The van der Waals surface area contributed by atoms with Gasteiger partial charge in [-0.3, -0.25) is 10.1 Å². The van der Waals surface area contributed by atoms with E-state index in [1.165, 1.54) is 0 Å². The smallest absolute Gasteiger partial charge is 0.244 e. The second kappa shape index (κ2) is 4.73. The number of rotatable bonds is 3. The standard InChI is InChI=1S/C17H24N2O2/c1-16(2,3)11-19-14(18-17(9-10-17)15(19)20)12-5-7-13(21-4)8-6-12/h5-8,14,18H,9-11H2,1-4H3. The Hall–Kier alpha value is -1.55. The maximum atomic E-state index is 12.7. The van der Waals surface area contributed by atoms with Crippen LogP contribution in [0.3, 0.4) is 0 Å². The third-order valence-corrected chi connectivity index (χ3v) is 4.22. The van der Waals surface area contributed by atoms with Crippen molar-refractivity contribution in [2.24, 2.45) is 5.41 Å². The van der Waals surface area contributed by atoms with Gasteiger partial charge >= 0.3 is 0 Å². The molecule has 1 aromatic rings. The zero-order chi connectivity index (χ0) is 15.3. The molecule has 4 heteroatoms. The molecule has 114 valence electrons. The third-order valence-electron chi connectivity index (χ3n) is 4.22. The molecule has 4 nitrogen and oxygen atoms in total. The molecule has 1 spiro atoms. The first kappa shape index (κ1) is 14.4. The van der Waals surface area contributed by atoms with E-state index in [0.29, 0.717) is 0 Å². The van der Waals surface area contributed by atoms with Gasteiger partial charge in [-0.25, -0.2) is 0 Å². The van der Waals surface area contributed by atoms with Crippen LogP contribution in [0.2, 0.25) is 0 Å². The quantitative estimate of drug-likeness (QED) is 0.930. The average molecular weight is 288 g/mol. The average Bonchev–Trinajstić information content (AvgIpc) is 3.17. The zero-order valence-electron chi connectivity index (χ0n) is 13.3. The lowest BCUT2D eigenvalue weighted by Gasteiger charge is -2.31. The Kier molecular flexibility index (Phi) is 3.24. The predicted molar refractivity (Wildman–Crippen MR) is 82.0 cm³/mol. The van der Waals surface area contributed by atoms with E-state index in [-0.39, 0.29) is 23.0 Å². The number of methoxy groups -OCH3 is 1. The summed E-state index contributed by atoms with van der Waals surface area (Å²) in [4.78, 5) is 14.7. The first-order valence-electron chi connectivity index (χ1n) is 7.57. The maximum absolute atomic E-state index is 12.7. The number of nitrogens with one attached hydrogen (secondary N) is 1. The Labute approximate surface area is 126 Å². The highest BCUT2D eigenvalue weighted by Crippen LogP contribution is 2.46. The van der Waals surface area contributed by atoms with Crippen molar-refractivity contribution in [1.29, 1.82) is 0 Å². The van der Waals surface area contributed by atoms with Gasteiger partial charge in [0.25, 0.3) is 0 Å². The largest absolute Gasteiger partial charge is 0.497 e. The molecule has 0 bridgehead atoms. The van der Waals surface area contributed by atoms with E-state index < -0.39 is 0 Å². The summed E-state index contributed by atoms with van der Waals surface area (Å²) in [6.45, 7) is 7.27. The number of carbonyl (C=O) groups excluding carboxylic acids is 1. The third kappa shape index (κ3) is 2.64. The fourth-order valence-electron chi connectivity index (χ4n) is 3.00. The summed E-state index contributed by atoms with van der Waals surface area (Å²) in [5, 5.41) is 3.55. The molecule has 1 saturated heterocycles. The molecular weight excluding hydrogens is 264 g/mol. The Morgan fingerprint density at radius 1 is 1.29 bits per heavy atom. The highest BCUT2D eigenvalue weighted by atomic mass is 16.5. The van der Waals surface area contributed by atoms with E-state index >= 15 is 0 Å². The van der Waals surface area contributed by atoms with Crippen molar-refractivity contribution in [2.75, 3.05) is 13.7 Å². The molecule has 1 amide bonds. The highest BCUT2D eigenvalue weighted by Gasteiger charge is 2.59. The summed E-state index contributed by atoms with van der Waals surface area (Å²) in [5.41, 5.74) is 0.926. The van der Waals surface area contributed by atoms with Crippen LogP contribution in [-0.4, -0.2) is 30.0 Å². The van der Waals surface area contributed by atoms with Crippen LogP contribution in [0.5, 0.6) is 5.75 Å². The fourth-order valence-corrected chi connectivity index (χ4v) is 3.00.